The number of nitrogens with one attached hydrogen (secondary N) is 2. The van der Waals surface area contributed by atoms with Crippen LogP contribution in [0.1, 0.15) is 44.9 Å². The van der Waals surface area contributed by atoms with Crippen molar-refractivity contribution in [2.45, 2.75) is 45.8 Å². The monoisotopic (exact) mass is 448 g/mol. The molecular weight excluding hydrogens is 420 g/mol. The van der Waals surface area contributed by atoms with E-state index >= 15 is 0 Å². The average Bonchev–Trinajstić information content (AvgIpc) is 2.64. The van der Waals surface area contributed by atoms with Crippen molar-refractivity contribution in [2.24, 2.45) is 0 Å². The average molecular weight is 449 g/mol. The number of halogens is 1. The fourth-order valence-electron chi connectivity index (χ4n) is 2.74. The minimum Gasteiger partial charge on any atom is -0.493 e. The lowest BCUT2D eigenvalue weighted by Gasteiger charge is -2.21. The minimum absolute atomic E-state index is 0.0745. The predicted octanol–water partition coefficient (Wildman–Crippen LogP) is 4.60. The summed E-state index contributed by atoms with van der Waals surface area (Å²) in [5, 5.41) is 6.38. The van der Waals surface area contributed by atoms with Gasteiger partial charge in [-0.05, 0) is 66.9 Å². The topological polar surface area (TPSA) is 59.6 Å². The van der Waals surface area contributed by atoms with E-state index < -0.39 is 0 Å². The maximum absolute atomic E-state index is 12.0. The molecule has 0 spiro atoms. The van der Waals surface area contributed by atoms with E-state index in [-0.39, 0.29) is 24.1 Å². The Bertz CT molecular complexity index is 788. The van der Waals surface area contributed by atoms with Crippen LogP contribution in [0.5, 0.6) is 11.5 Å². The second kappa shape index (κ2) is 9.94. The first-order valence-corrected chi connectivity index (χ1v) is 10.1. The number of carbonyl (C=O) groups excluding carboxylic acids is 1. The fraction of sp³-hybridized carbons (Fsp3) is 0.409. The summed E-state index contributed by atoms with van der Waals surface area (Å²) in [7, 11) is 1.59. The van der Waals surface area contributed by atoms with Crippen LogP contribution in [0.15, 0.2) is 46.9 Å². The summed E-state index contributed by atoms with van der Waals surface area (Å²) >= 11 is 3.54. The standard InChI is InChI=1S/C22H29BrN2O3/c1-15(17-9-7-6-8-10-17)24-13-16-11-18(23)21(19(12-16)27-5)28-14-20(26)25-22(2,3)4/h6-12,15,24H,13-14H2,1-5H3,(H,25,26). The summed E-state index contributed by atoms with van der Waals surface area (Å²) in [5.41, 5.74) is 1.99. The Kier molecular flexibility index (Phi) is 7.89. The number of hydrogen-bond acceptors (Lipinski definition) is 4. The van der Waals surface area contributed by atoms with Crippen molar-refractivity contribution in [3.05, 3.63) is 58.1 Å². The molecule has 0 heterocycles. The molecule has 0 radical (unpaired) electrons. The molecule has 0 aliphatic heterocycles. The van der Waals surface area contributed by atoms with E-state index in [1.54, 1.807) is 7.11 Å². The van der Waals surface area contributed by atoms with Crippen LogP contribution >= 0.6 is 15.9 Å². The number of carbonyl (C=O) groups is 1. The maximum atomic E-state index is 12.0. The quantitative estimate of drug-likeness (QED) is 0.619. The SMILES string of the molecule is COc1cc(CNC(C)c2ccccc2)cc(Br)c1OCC(=O)NC(C)(C)C. The number of methoxy groups -OCH3 is 1. The zero-order valence-corrected chi connectivity index (χ0v) is 18.7. The molecule has 2 N–H and O–H groups in total. The number of hydrogen-bond donors (Lipinski definition) is 2. The van der Waals surface area contributed by atoms with E-state index in [1.807, 2.05) is 51.1 Å². The molecule has 6 heteroatoms. The molecule has 152 valence electrons. The van der Waals surface area contributed by atoms with Gasteiger partial charge in [0.25, 0.3) is 5.91 Å². The molecule has 1 unspecified atom stereocenters. The third-order valence-corrected chi connectivity index (χ3v) is 4.65. The zero-order valence-electron chi connectivity index (χ0n) is 17.1. The predicted molar refractivity (Wildman–Crippen MR) is 116 cm³/mol. The van der Waals surface area contributed by atoms with Gasteiger partial charge in [-0.2, -0.15) is 0 Å². The van der Waals surface area contributed by atoms with Crippen molar-refractivity contribution in [1.82, 2.24) is 10.6 Å². The highest BCUT2D eigenvalue weighted by Crippen LogP contribution is 2.36. The molecule has 0 aromatic heterocycles. The number of ether oxygens (including phenoxy) is 2. The van der Waals surface area contributed by atoms with Crippen LogP contribution in [0.3, 0.4) is 0 Å². The normalized spacial score (nSPS) is 12.4. The Labute approximate surface area is 175 Å². The molecule has 0 saturated carbocycles. The van der Waals surface area contributed by atoms with Gasteiger partial charge in [-0.1, -0.05) is 30.3 Å². The molecule has 2 rings (SSSR count). The van der Waals surface area contributed by atoms with Crippen LogP contribution in [-0.4, -0.2) is 25.2 Å². The van der Waals surface area contributed by atoms with Crippen LogP contribution in [-0.2, 0) is 11.3 Å². The van der Waals surface area contributed by atoms with Gasteiger partial charge in [-0.25, -0.2) is 0 Å². The fourth-order valence-corrected chi connectivity index (χ4v) is 3.34. The molecule has 0 fully saturated rings. The molecule has 1 amide bonds. The van der Waals surface area contributed by atoms with Crippen molar-refractivity contribution in [3.63, 3.8) is 0 Å². The summed E-state index contributed by atoms with van der Waals surface area (Å²) in [6.07, 6.45) is 0. The third-order valence-electron chi connectivity index (χ3n) is 4.06. The third kappa shape index (κ3) is 6.84. The van der Waals surface area contributed by atoms with E-state index in [9.17, 15) is 4.79 Å². The van der Waals surface area contributed by atoms with Crippen molar-refractivity contribution < 1.29 is 14.3 Å². The van der Waals surface area contributed by atoms with Crippen molar-refractivity contribution in [2.75, 3.05) is 13.7 Å². The molecule has 5 nitrogen and oxygen atoms in total. The summed E-state index contributed by atoms with van der Waals surface area (Å²) in [4.78, 5) is 12.0. The summed E-state index contributed by atoms with van der Waals surface area (Å²) in [6, 6.07) is 14.4. The Hall–Kier alpha value is -2.05. The smallest absolute Gasteiger partial charge is 0.258 e. The zero-order chi connectivity index (χ0) is 20.7. The Morgan fingerprint density at radius 2 is 1.86 bits per heavy atom. The molecule has 0 aliphatic carbocycles. The first-order chi connectivity index (χ1) is 13.2. The lowest BCUT2D eigenvalue weighted by Crippen LogP contribution is -2.43. The minimum atomic E-state index is -0.299. The van der Waals surface area contributed by atoms with E-state index in [1.165, 1.54) is 5.56 Å². The van der Waals surface area contributed by atoms with Gasteiger partial charge in [-0.3, -0.25) is 4.79 Å². The van der Waals surface area contributed by atoms with E-state index in [2.05, 4.69) is 45.6 Å². The lowest BCUT2D eigenvalue weighted by atomic mass is 10.1. The highest BCUT2D eigenvalue weighted by molar-refractivity contribution is 9.10. The summed E-state index contributed by atoms with van der Waals surface area (Å²) in [6.45, 7) is 8.52. The van der Waals surface area contributed by atoms with Crippen LogP contribution in [0.2, 0.25) is 0 Å². The number of rotatable bonds is 8. The van der Waals surface area contributed by atoms with Crippen LogP contribution < -0.4 is 20.1 Å². The highest BCUT2D eigenvalue weighted by Gasteiger charge is 2.17. The summed E-state index contributed by atoms with van der Waals surface area (Å²) in [5.74, 6) is 0.928. The second-order valence-electron chi connectivity index (χ2n) is 7.71. The number of amides is 1. The second-order valence-corrected chi connectivity index (χ2v) is 8.56. The van der Waals surface area contributed by atoms with Crippen LogP contribution in [0.4, 0.5) is 0 Å². The van der Waals surface area contributed by atoms with Crippen LogP contribution in [0.25, 0.3) is 0 Å². The van der Waals surface area contributed by atoms with Crippen molar-refractivity contribution in [1.29, 1.82) is 0 Å². The first-order valence-electron chi connectivity index (χ1n) is 9.28. The van der Waals surface area contributed by atoms with E-state index in [4.69, 9.17) is 9.47 Å². The summed E-state index contributed by atoms with van der Waals surface area (Å²) < 4.78 is 11.9. The molecule has 0 bridgehead atoms. The largest absolute Gasteiger partial charge is 0.493 e. The lowest BCUT2D eigenvalue weighted by molar-refractivity contribution is -0.124. The molecule has 0 aliphatic rings. The molecule has 2 aromatic rings. The van der Waals surface area contributed by atoms with E-state index in [0.29, 0.717) is 18.0 Å². The van der Waals surface area contributed by atoms with Gasteiger partial charge in [0, 0.05) is 18.1 Å². The van der Waals surface area contributed by atoms with Crippen molar-refractivity contribution in [3.8, 4) is 11.5 Å². The molecule has 0 saturated heterocycles. The molecular formula is C22H29BrN2O3. The molecule has 1 atom stereocenters. The van der Waals surface area contributed by atoms with Gasteiger partial charge < -0.3 is 20.1 Å². The molecule has 28 heavy (non-hydrogen) atoms. The Morgan fingerprint density at radius 1 is 1.18 bits per heavy atom. The van der Waals surface area contributed by atoms with Gasteiger partial charge in [0.2, 0.25) is 0 Å². The maximum Gasteiger partial charge on any atom is 0.258 e. The van der Waals surface area contributed by atoms with E-state index in [0.717, 1.165) is 10.0 Å². The highest BCUT2D eigenvalue weighted by atomic mass is 79.9. The van der Waals surface area contributed by atoms with Crippen LogP contribution in [0, 0.1) is 0 Å². The molecule has 2 aromatic carbocycles. The van der Waals surface area contributed by atoms with Gasteiger partial charge in [0.1, 0.15) is 0 Å². The number of benzene rings is 2. The first kappa shape index (κ1) is 22.2. The van der Waals surface area contributed by atoms with Gasteiger partial charge in [0.05, 0.1) is 11.6 Å². The van der Waals surface area contributed by atoms with Gasteiger partial charge in [-0.15, -0.1) is 0 Å². The Morgan fingerprint density at radius 3 is 2.46 bits per heavy atom. The van der Waals surface area contributed by atoms with Crippen molar-refractivity contribution >= 4 is 21.8 Å². The Balaban J connectivity index is 2.03. The van der Waals surface area contributed by atoms with Gasteiger partial charge in [0.15, 0.2) is 18.1 Å². The van der Waals surface area contributed by atoms with Gasteiger partial charge >= 0.3 is 0 Å².